The van der Waals surface area contributed by atoms with E-state index in [1.54, 1.807) is 18.2 Å². The minimum Gasteiger partial charge on any atom is -0.490 e. The van der Waals surface area contributed by atoms with Crippen LogP contribution < -0.4 is 9.47 Å². The molecule has 29 heavy (non-hydrogen) atoms. The fourth-order valence-electron chi connectivity index (χ4n) is 4.26. The van der Waals surface area contributed by atoms with Crippen LogP contribution >= 0.6 is 0 Å². The number of ether oxygens (including phenoxy) is 3. The van der Waals surface area contributed by atoms with E-state index in [1.807, 2.05) is 37.7 Å². The molecule has 1 atom stereocenters. The second-order valence-electron chi connectivity index (χ2n) is 8.09. The second kappa shape index (κ2) is 9.03. The zero-order valence-corrected chi connectivity index (χ0v) is 17.9. The predicted molar refractivity (Wildman–Crippen MR) is 109 cm³/mol. The number of hydrogen-bond donors (Lipinski definition) is 0. The van der Waals surface area contributed by atoms with E-state index >= 15 is 0 Å². The fourth-order valence-corrected chi connectivity index (χ4v) is 4.26. The summed E-state index contributed by atoms with van der Waals surface area (Å²) in [4.78, 5) is 29.4. The zero-order valence-electron chi connectivity index (χ0n) is 17.9. The van der Waals surface area contributed by atoms with Gasteiger partial charge in [-0.1, -0.05) is 0 Å². The number of piperidine rings is 1. The third-order valence-corrected chi connectivity index (χ3v) is 5.69. The first-order chi connectivity index (χ1) is 13.9. The number of carbonyl (C=O) groups is 2. The molecule has 1 unspecified atom stereocenters. The first-order valence-corrected chi connectivity index (χ1v) is 10.4. The van der Waals surface area contributed by atoms with E-state index in [1.165, 1.54) is 0 Å². The van der Waals surface area contributed by atoms with Gasteiger partial charge in [-0.25, -0.2) is 0 Å². The fraction of sp³-hybridized carbons (Fsp3) is 0.636. The topological polar surface area (TPSA) is 68.3 Å². The summed E-state index contributed by atoms with van der Waals surface area (Å²) in [6.45, 7) is 6.70. The number of amides is 1. The maximum absolute atomic E-state index is 13.0. The van der Waals surface area contributed by atoms with Gasteiger partial charge < -0.3 is 24.0 Å². The first kappa shape index (κ1) is 21.4. The van der Waals surface area contributed by atoms with Gasteiger partial charge in [0.1, 0.15) is 6.10 Å². The van der Waals surface area contributed by atoms with Gasteiger partial charge >= 0.3 is 5.97 Å². The van der Waals surface area contributed by atoms with Crippen LogP contribution in [0.1, 0.15) is 43.5 Å². The van der Waals surface area contributed by atoms with Crippen molar-refractivity contribution in [1.29, 1.82) is 0 Å². The summed E-state index contributed by atoms with van der Waals surface area (Å²) in [5, 5.41) is 0. The van der Waals surface area contributed by atoms with Crippen LogP contribution in [-0.2, 0) is 9.53 Å². The Morgan fingerprint density at radius 2 is 1.83 bits per heavy atom. The quantitative estimate of drug-likeness (QED) is 0.651. The Morgan fingerprint density at radius 3 is 2.45 bits per heavy atom. The number of rotatable bonds is 7. The Morgan fingerprint density at radius 1 is 1.17 bits per heavy atom. The van der Waals surface area contributed by atoms with Crippen molar-refractivity contribution in [3.8, 4) is 11.5 Å². The lowest BCUT2D eigenvalue weighted by Gasteiger charge is -2.36. The average Bonchev–Trinajstić information content (AvgIpc) is 2.97. The number of nitrogens with zero attached hydrogens (tertiary/aromatic N) is 2. The number of esters is 1. The van der Waals surface area contributed by atoms with Gasteiger partial charge in [0.15, 0.2) is 11.5 Å². The second-order valence-corrected chi connectivity index (χ2v) is 8.09. The van der Waals surface area contributed by atoms with Crippen molar-refractivity contribution in [2.75, 3.05) is 46.9 Å². The Bertz CT molecular complexity index is 741. The number of hydrogen-bond acceptors (Lipinski definition) is 6. The van der Waals surface area contributed by atoms with Gasteiger partial charge in [-0.15, -0.1) is 0 Å². The molecule has 1 spiro atoms. The summed E-state index contributed by atoms with van der Waals surface area (Å²) >= 11 is 0. The lowest BCUT2D eigenvalue weighted by molar-refractivity contribution is -0.150. The molecule has 0 aliphatic carbocycles. The van der Waals surface area contributed by atoms with E-state index in [0.717, 1.165) is 13.0 Å². The molecule has 0 aromatic heterocycles. The van der Waals surface area contributed by atoms with Crippen LogP contribution in [0.25, 0.3) is 0 Å². The highest BCUT2D eigenvalue weighted by Crippen LogP contribution is 2.43. The molecule has 1 amide bonds. The van der Waals surface area contributed by atoms with Crippen LogP contribution in [0.5, 0.6) is 11.5 Å². The van der Waals surface area contributed by atoms with Gasteiger partial charge in [0.05, 0.1) is 18.6 Å². The first-order valence-electron chi connectivity index (χ1n) is 10.4. The molecule has 3 rings (SSSR count). The molecule has 0 bridgehead atoms. The maximum atomic E-state index is 13.0. The minimum absolute atomic E-state index is 0.0416. The lowest BCUT2D eigenvalue weighted by atomic mass is 9.76. The highest BCUT2D eigenvalue weighted by molar-refractivity contribution is 5.95. The number of likely N-dealkylation sites (N-methyl/N-ethyl adjacent to an activating group) is 1. The van der Waals surface area contributed by atoms with Crippen molar-refractivity contribution in [3.05, 3.63) is 23.8 Å². The van der Waals surface area contributed by atoms with Gasteiger partial charge in [0, 0.05) is 31.6 Å². The van der Waals surface area contributed by atoms with Gasteiger partial charge in [-0.2, -0.15) is 0 Å². The summed E-state index contributed by atoms with van der Waals surface area (Å²) in [5.41, 5.74) is 0.139. The smallest absolute Gasteiger partial charge is 0.312 e. The number of benzene rings is 1. The molecule has 7 nitrogen and oxygen atoms in total. The molecular formula is C22H32N2O5. The van der Waals surface area contributed by atoms with Crippen molar-refractivity contribution >= 4 is 11.9 Å². The number of cyclic esters (lactones) is 1. The molecule has 2 aliphatic heterocycles. The molecule has 2 saturated heterocycles. The molecule has 1 aromatic carbocycles. The molecule has 2 fully saturated rings. The van der Waals surface area contributed by atoms with Gasteiger partial charge in [0.25, 0.3) is 5.91 Å². The summed E-state index contributed by atoms with van der Waals surface area (Å²) in [7, 11) is 3.96. The van der Waals surface area contributed by atoms with Crippen LogP contribution in [-0.4, -0.2) is 74.7 Å². The van der Waals surface area contributed by atoms with Crippen molar-refractivity contribution in [1.82, 2.24) is 9.80 Å². The Hall–Kier alpha value is -2.28. The summed E-state index contributed by atoms with van der Waals surface area (Å²) in [6, 6.07) is 5.31. The van der Waals surface area contributed by atoms with Crippen LogP contribution in [0.4, 0.5) is 0 Å². The molecule has 0 radical (unpaired) electrons. The van der Waals surface area contributed by atoms with Crippen molar-refractivity contribution in [2.45, 2.75) is 39.2 Å². The highest BCUT2D eigenvalue weighted by Gasteiger charge is 2.50. The summed E-state index contributed by atoms with van der Waals surface area (Å²) < 4.78 is 16.8. The molecule has 7 heteroatoms. The molecule has 0 saturated carbocycles. The van der Waals surface area contributed by atoms with Crippen molar-refractivity contribution in [2.24, 2.45) is 5.41 Å². The van der Waals surface area contributed by atoms with Crippen LogP contribution in [0.15, 0.2) is 18.2 Å². The molecule has 2 aliphatic rings. The molecule has 1 aromatic rings. The van der Waals surface area contributed by atoms with E-state index in [0.29, 0.717) is 56.2 Å². The monoisotopic (exact) mass is 404 g/mol. The van der Waals surface area contributed by atoms with E-state index in [4.69, 9.17) is 14.2 Å². The summed E-state index contributed by atoms with van der Waals surface area (Å²) in [5.74, 6) is 1.08. The van der Waals surface area contributed by atoms with E-state index in [-0.39, 0.29) is 18.0 Å². The lowest BCUT2D eigenvalue weighted by Crippen LogP contribution is -2.45. The summed E-state index contributed by atoms with van der Waals surface area (Å²) in [6.07, 6.45) is 1.98. The average molecular weight is 405 g/mol. The Kier molecular flexibility index (Phi) is 6.67. The number of likely N-dealkylation sites (tertiary alicyclic amines) is 1. The molecule has 160 valence electrons. The van der Waals surface area contributed by atoms with E-state index in [2.05, 4.69) is 0 Å². The third-order valence-electron chi connectivity index (χ3n) is 5.69. The largest absolute Gasteiger partial charge is 0.490 e. The Balaban J connectivity index is 1.66. The minimum atomic E-state index is -0.438. The van der Waals surface area contributed by atoms with Gasteiger partial charge in [0.2, 0.25) is 0 Å². The SMILES string of the molecule is CCOc1ccc(C(=O)N2CCC3(CC2)CC(CN(C)C)OC3=O)cc1OCC. The van der Waals surface area contributed by atoms with E-state index < -0.39 is 5.41 Å². The van der Waals surface area contributed by atoms with Crippen molar-refractivity contribution < 1.29 is 23.8 Å². The molecular weight excluding hydrogens is 372 g/mol. The van der Waals surface area contributed by atoms with E-state index in [9.17, 15) is 9.59 Å². The normalized spacial score (nSPS) is 20.8. The Labute approximate surface area is 172 Å². The van der Waals surface area contributed by atoms with Crippen LogP contribution in [0.3, 0.4) is 0 Å². The molecule has 0 N–H and O–H groups in total. The molecule has 2 heterocycles. The van der Waals surface area contributed by atoms with Crippen LogP contribution in [0.2, 0.25) is 0 Å². The standard InChI is InChI=1S/C22H32N2O5/c1-5-27-18-8-7-16(13-19(18)28-6-2)20(25)24-11-9-22(10-12-24)14-17(15-23(3)4)29-21(22)26/h7-8,13,17H,5-6,9-12,14-15H2,1-4H3. The predicted octanol–water partition coefficient (Wildman–Crippen LogP) is 2.58. The van der Waals surface area contributed by atoms with Crippen molar-refractivity contribution in [3.63, 3.8) is 0 Å². The third kappa shape index (κ3) is 4.66. The zero-order chi connectivity index (χ0) is 21.0. The highest BCUT2D eigenvalue weighted by atomic mass is 16.6. The van der Waals surface area contributed by atoms with Gasteiger partial charge in [-0.05, 0) is 59.0 Å². The van der Waals surface area contributed by atoms with Gasteiger partial charge in [-0.3, -0.25) is 9.59 Å². The number of carbonyl (C=O) groups excluding carboxylic acids is 2. The van der Waals surface area contributed by atoms with Crippen LogP contribution in [0, 0.1) is 5.41 Å². The maximum Gasteiger partial charge on any atom is 0.312 e.